The summed E-state index contributed by atoms with van der Waals surface area (Å²) < 4.78 is 45.7. The third-order valence-electron chi connectivity index (χ3n) is 3.00. The van der Waals surface area contributed by atoms with Crippen LogP contribution in [0.15, 0.2) is 66.6 Å². The van der Waals surface area contributed by atoms with E-state index in [9.17, 15) is 13.2 Å². The largest absolute Gasteiger partial charge is 0.573 e. The molecule has 1 heterocycles. The van der Waals surface area contributed by atoms with Gasteiger partial charge in [-0.25, -0.2) is 5.48 Å². The van der Waals surface area contributed by atoms with Crippen LogP contribution in [-0.2, 0) is 4.84 Å². The highest BCUT2D eigenvalue weighted by Gasteiger charge is 2.31. The van der Waals surface area contributed by atoms with Crippen LogP contribution >= 0.6 is 0 Å². The number of halogens is 3. The van der Waals surface area contributed by atoms with E-state index in [4.69, 9.17) is 9.57 Å². The van der Waals surface area contributed by atoms with Crippen molar-refractivity contribution in [3.05, 3.63) is 72.1 Å². The predicted octanol–water partition coefficient (Wildman–Crippen LogP) is 4.08. The Labute approximate surface area is 130 Å². The highest BCUT2D eigenvalue weighted by Crippen LogP contribution is 2.28. The molecule has 0 saturated carbocycles. The number of hydrogen-bond donors (Lipinski definition) is 1. The summed E-state index contributed by atoms with van der Waals surface area (Å²) in [7, 11) is 0. The topological polar surface area (TPSA) is 39.7 Å². The molecule has 0 radical (unpaired) electrons. The first kappa shape index (κ1) is 15.2. The van der Waals surface area contributed by atoms with E-state index in [1.807, 2.05) is 18.2 Å². The van der Waals surface area contributed by atoms with Gasteiger partial charge in [0.05, 0.1) is 0 Å². The fourth-order valence-electron chi connectivity index (χ4n) is 2.02. The Morgan fingerprint density at radius 2 is 1.61 bits per heavy atom. The van der Waals surface area contributed by atoms with Crippen LogP contribution < -0.4 is 15.0 Å². The van der Waals surface area contributed by atoms with Crippen LogP contribution in [0.3, 0.4) is 0 Å². The number of hydroxylamine groups is 1. The molecule has 0 spiro atoms. The second kappa shape index (κ2) is 6.21. The number of benzene rings is 2. The molecular weight excluding hydrogens is 311 g/mol. The zero-order valence-electron chi connectivity index (χ0n) is 11.7. The van der Waals surface area contributed by atoms with Crippen LogP contribution in [0.4, 0.5) is 13.2 Å². The second-order valence-electron chi connectivity index (χ2n) is 4.70. The molecule has 0 aliphatic carbocycles. The first-order chi connectivity index (χ1) is 11.0. The maximum absolute atomic E-state index is 12.1. The summed E-state index contributed by atoms with van der Waals surface area (Å²) in [5.74, 6) is 0.776. The third kappa shape index (κ3) is 4.17. The van der Waals surface area contributed by atoms with E-state index in [1.54, 1.807) is 18.2 Å². The standard InChI is InChI=1S/C16H12F3NO3/c17-16(18,19)22-13-8-6-11(7-9-13)14-10-15(20-23-14)21-12-4-2-1-3-5-12/h1-10,14,20H/t14-/m1/s1. The molecular formula is C16H12F3NO3. The van der Waals surface area contributed by atoms with Crippen molar-refractivity contribution in [2.24, 2.45) is 0 Å². The summed E-state index contributed by atoms with van der Waals surface area (Å²) >= 11 is 0. The summed E-state index contributed by atoms with van der Waals surface area (Å²) in [5, 5.41) is 0. The lowest BCUT2D eigenvalue weighted by Crippen LogP contribution is -2.17. The molecule has 0 saturated heterocycles. The van der Waals surface area contributed by atoms with Crippen molar-refractivity contribution in [3.8, 4) is 11.5 Å². The Morgan fingerprint density at radius 3 is 2.26 bits per heavy atom. The Bertz CT molecular complexity index is 684. The zero-order valence-corrected chi connectivity index (χ0v) is 11.7. The molecule has 2 aromatic carbocycles. The number of ether oxygens (including phenoxy) is 2. The number of hydrogen-bond acceptors (Lipinski definition) is 4. The number of rotatable bonds is 4. The van der Waals surface area contributed by atoms with Gasteiger partial charge in [-0.05, 0) is 29.8 Å². The van der Waals surface area contributed by atoms with Crippen molar-refractivity contribution in [2.75, 3.05) is 0 Å². The SMILES string of the molecule is FC(F)(F)Oc1ccc([C@H]2C=C(Oc3ccccc3)NO2)cc1. The van der Waals surface area contributed by atoms with Gasteiger partial charge < -0.3 is 9.47 Å². The van der Waals surface area contributed by atoms with Crippen LogP contribution in [0.25, 0.3) is 0 Å². The van der Waals surface area contributed by atoms with Gasteiger partial charge in [0.15, 0.2) is 0 Å². The molecule has 1 aliphatic heterocycles. The molecule has 1 atom stereocenters. The van der Waals surface area contributed by atoms with Crippen molar-refractivity contribution in [1.82, 2.24) is 5.48 Å². The average molecular weight is 323 g/mol. The highest BCUT2D eigenvalue weighted by molar-refractivity contribution is 5.32. The summed E-state index contributed by atoms with van der Waals surface area (Å²) in [6.45, 7) is 0. The Hall–Kier alpha value is -2.67. The highest BCUT2D eigenvalue weighted by atomic mass is 19.4. The lowest BCUT2D eigenvalue weighted by molar-refractivity contribution is -0.274. The van der Waals surface area contributed by atoms with E-state index in [0.29, 0.717) is 17.2 Å². The van der Waals surface area contributed by atoms with Crippen molar-refractivity contribution < 1.29 is 27.5 Å². The van der Waals surface area contributed by atoms with E-state index in [-0.39, 0.29) is 5.75 Å². The minimum Gasteiger partial charge on any atom is -0.439 e. The second-order valence-corrected chi connectivity index (χ2v) is 4.70. The number of alkyl halides is 3. The van der Waals surface area contributed by atoms with E-state index >= 15 is 0 Å². The smallest absolute Gasteiger partial charge is 0.439 e. The lowest BCUT2D eigenvalue weighted by atomic mass is 10.1. The van der Waals surface area contributed by atoms with Crippen LogP contribution in [0.2, 0.25) is 0 Å². The Morgan fingerprint density at radius 1 is 0.913 bits per heavy atom. The fourth-order valence-corrected chi connectivity index (χ4v) is 2.02. The molecule has 0 unspecified atom stereocenters. The molecule has 0 amide bonds. The van der Waals surface area contributed by atoms with Crippen molar-refractivity contribution >= 4 is 0 Å². The van der Waals surface area contributed by atoms with Crippen LogP contribution in [0.1, 0.15) is 11.7 Å². The first-order valence-corrected chi connectivity index (χ1v) is 6.72. The molecule has 2 aromatic rings. The van der Waals surface area contributed by atoms with Crippen molar-refractivity contribution in [2.45, 2.75) is 12.5 Å². The van der Waals surface area contributed by atoms with Crippen LogP contribution in [-0.4, -0.2) is 6.36 Å². The molecule has 0 fully saturated rings. The molecule has 3 rings (SSSR count). The van der Waals surface area contributed by atoms with Gasteiger partial charge in [0, 0.05) is 6.08 Å². The number of para-hydroxylation sites is 1. The zero-order chi connectivity index (χ0) is 16.3. The van der Waals surface area contributed by atoms with Crippen LogP contribution in [0.5, 0.6) is 11.5 Å². The van der Waals surface area contributed by atoms with Crippen molar-refractivity contribution in [1.29, 1.82) is 0 Å². The van der Waals surface area contributed by atoms with E-state index in [1.165, 1.54) is 24.3 Å². The normalized spacial score (nSPS) is 17.3. The molecule has 120 valence electrons. The fraction of sp³-hybridized carbons (Fsp3) is 0.125. The average Bonchev–Trinajstić information content (AvgIpc) is 2.96. The molecule has 4 nitrogen and oxygen atoms in total. The Balaban J connectivity index is 1.66. The summed E-state index contributed by atoms with van der Waals surface area (Å²) in [4.78, 5) is 5.33. The predicted molar refractivity (Wildman–Crippen MR) is 75.2 cm³/mol. The molecule has 0 aromatic heterocycles. The minimum atomic E-state index is -4.70. The summed E-state index contributed by atoms with van der Waals surface area (Å²) in [6.07, 6.45) is -3.48. The Kier molecular flexibility index (Phi) is 4.12. The number of nitrogens with one attached hydrogen (secondary N) is 1. The summed E-state index contributed by atoms with van der Waals surface area (Å²) in [6, 6.07) is 14.6. The third-order valence-corrected chi connectivity index (χ3v) is 3.00. The lowest BCUT2D eigenvalue weighted by Gasteiger charge is -2.11. The first-order valence-electron chi connectivity index (χ1n) is 6.72. The van der Waals surface area contributed by atoms with Crippen LogP contribution in [0, 0.1) is 0 Å². The molecule has 0 bridgehead atoms. The maximum Gasteiger partial charge on any atom is 0.573 e. The van der Waals surface area contributed by atoms with Gasteiger partial charge in [-0.1, -0.05) is 30.3 Å². The van der Waals surface area contributed by atoms with Gasteiger partial charge in [0.1, 0.15) is 17.6 Å². The van der Waals surface area contributed by atoms with Gasteiger partial charge >= 0.3 is 6.36 Å². The monoisotopic (exact) mass is 323 g/mol. The molecule has 7 heteroatoms. The van der Waals surface area contributed by atoms with Gasteiger partial charge in [0.2, 0.25) is 5.88 Å². The molecule has 1 aliphatic rings. The van der Waals surface area contributed by atoms with E-state index in [2.05, 4.69) is 10.2 Å². The maximum atomic E-state index is 12.1. The summed E-state index contributed by atoms with van der Waals surface area (Å²) in [5.41, 5.74) is 3.30. The molecule has 23 heavy (non-hydrogen) atoms. The van der Waals surface area contributed by atoms with E-state index < -0.39 is 12.5 Å². The quantitative estimate of drug-likeness (QED) is 0.920. The van der Waals surface area contributed by atoms with Gasteiger partial charge in [-0.3, -0.25) is 4.84 Å². The van der Waals surface area contributed by atoms with E-state index in [0.717, 1.165) is 0 Å². The van der Waals surface area contributed by atoms with Gasteiger partial charge in [-0.15, -0.1) is 13.2 Å². The minimum absolute atomic E-state index is 0.281. The van der Waals surface area contributed by atoms with Gasteiger partial charge in [-0.2, -0.15) is 0 Å². The molecule has 1 N–H and O–H groups in total. The van der Waals surface area contributed by atoms with Crippen molar-refractivity contribution in [3.63, 3.8) is 0 Å². The van der Waals surface area contributed by atoms with Gasteiger partial charge in [0.25, 0.3) is 0 Å².